The van der Waals surface area contributed by atoms with E-state index in [0.717, 1.165) is 13.2 Å². The molecule has 0 spiro atoms. The molecular formula is C7H10O4. The van der Waals surface area contributed by atoms with E-state index in [1.165, 1.54) is 0 Å². The molecule has 0 aliphatic carbocycles. The summed E-state index contributed by atoms with van der Waals surface area (Å²) < 4.78 is 4.15. The van der Waals surface area contributed by atoms with Crippen LogP contribution in [0.4, 0.5) is 0 Å². The number of carbonyl (C=O) groups excluding carboxylic acids is 2. The molecule has 0 aromatic rings. The lowest BCUT2D eigenvalue weighted by atomic mass is 10.3. The van der Waals surface area contributed by atoms with Crippen molar-refractivity contribution in [1.29, 1.82) is 0 Å². The highest BCUT2D eigenvalue weighted by Crippen LogP contribution is 1.93. The summed E-state index contributed by atoms with van der Waals surface area (Å²) in [5.74, 6) is -1.86. The van der Waals surface area contributed by atoms with Crippen LogP contribution < -0.4 is 0 Å². The van der Waals surface area contributed by atoms with E-state index in [1.807, 2.05) is 0 Å². The summed E-state index contributed by atoms with van der Waals surface area (Å²) in [4.78, 5) is 21.1. The van der Waals surface area contributed by atoms with E-state index in [1.54, 1.807) is 6.92 Å². The first-order valence-electron chi connectivity index (χ1n) is 3.13. The zero-order chi connectivity index (χ0) is 8.85. The quantitative estimate of drug-likeness (QED) is 0.370. The molecule has 0 rings (SSSR count). The predicted octanol–water partition coefficient (Wildman–Crippen LogP) is 0.580. The van der Waals surface area contributed by atoms with Gasteiger partial charge in [0.15, 0.2) is 5.78 Å². The number of methoxy groups -OCH3 is 1. The first-order valence-corrected chi connectivity index (χ1v) is 3.13. The Balaban J connectivity index is 4.21. The smallest absolute Gasteiger partial charge is 0.373 e. The number of allylic oxidation sites excluding steroid dienone is 1. The molecule has 0 aromatic carbocycles. The normalized spacial score (nSPS) is 10.9. The van der Waals surface area contributed by atoms with Gasteiger partial charge in [0.1, 0.15) is 0 Å². The first kappa shape index (κ1) is 9.68. The summed E-state index contributed by atoms with van der Waals surface area (Å²) in [7, 11) is 1.13. The Labute approximate surface area is 64.5 Å². The maximum atomic E-state index is 10.6. The predicted molar refractivity (Wildman–Crippen MR) is 38.0 cm³/mol. The lowest BCUT2D eigenvalue weighted by molar-refractivity contribution is -0.139. The number of carbonyl (C=O) groups is 2. The lowest BCUT2D eigenvalue weighted by Gasteiger charge is -1.94. The molecule has 0 unspecified atom stereocenters. The molecule has 0 atom stereocenters. The van der Waals surface area contributed by atoms with E-state index in [-0.39, 0.29) is 12.2 Å². The van der Waals surface area contributed by atoms with Gasteiger partial charge in [-0.25, -0.2) is 4.79 Å². The third-order valence-electron chi connectivity index (χ3n) is 1.04. The van der Waals surface area contributed by atoms with Crippen LogP contribution in [0.3, 0.4) is 0 Å². The van der Waals surface area contributed by atoms with E-state index in [9.17, 15) is 9.59 Å². The molecule has 0 aliphatic heterocycles. The van der Waals surface area contributed by atoms with Gasteiger partial charge >= 0.3 is 5.97 Å². The molecule has 62 valence electrons. The second kappa shape index (κ2) is 4.49. The molecule has 0 heterocycles. The van der Waals surface area contributed by atoms with Gasteiger partial charge in [-0.3, -0.25) is 4.79 Å². The van der Waals surface area contributed by atoms with Crippen LogP contribution in [-0.4, -0.2) is 24.0 Å². The van der Waals surface area contributed by atoms with Crippen molar-refractivity contribution in [3.8, 4) is 0 Å². The summed E-state index contributed by atoms with van der Waals surface area (Å²) >= 11 is 0. The molecule has 0 saturated heterocycles. The average molecular weight is 158 g/mol. The minimum Gasteiger partial charge on any atom is -0.502 e. The summed E-state index contributed by atoms with van der Waals surface area (Å²) in [5, 5.41) is 8.78. The number of ketones is 1. The van der Waals surface area contributed by atoms with Crippen molar-refractivity contribution < 1.29 is 19.4 Å². The van der Waals surface area contributed by atoms with Gasteiger partial charge in [-0.05, 0) is 0 Å². The monoisotopic (exact) mass is 158 g/mol. The Morgan fingerprint density at radius 3 is 2.45 bits per heavy atom. The maximum absolute atomic E-state index is 10.6. The van der Waals surface area contributed by atoms with Gasteiger partial charge in [0.05, 0.1) is 7.11 Å². The minimum absolute atomic E-state index is 0.251. The van der Waals surface area contributed by atoms with Crippen molar-refractivity contribution in [2.75, 3.05) is 7.11 Å². The van der Waals surface area contributed by atoms with Crippen LogP contribution in [0, 0.1) is 0 Å². The zero-order valence-electron chi connectivity index (χ0n) is 6.46. The molecular weight excluding hydrogens is 148 g/mol. The molecule has 1 N–H and O–H groups in total. The van der Waals surface area contributed by atoms with Gasteiger partial charge in [-0.15, -0.1) is 0 Å². The Hall–Kier alpha value is -1.32. The average Bonchev–Trinajstić information content (AvgIpc) is 2.02. The van der Waals surface area contributed by atoms with Crippen molar-refractivity contribution in [3.05, 3.63) is 11.8 Å². The van der Waals surface area contributed by atoms with Crippen LogP contribution in [0.25, 0.3) is 0 Å². The number of rotatable bonds is 3. The number of hydrogen-bond acceptors (Lipinski definition) is 4. The van der Waals surface area contributed by atoms with Crippen molar-refractivity contribution in [1.82, 2.24) is 0 Å². The SMILES string of the molecule is CCC(=O)C=C(O)C(=O)OC. The molecule has 4 heteroatoms. The van der Waals surface area contributed by atoms with Crippen LogP contribution in [0.1, 0.15) is 13.3 Å². The zero-order valence-corrected chi connectivity index (χ0v) is 6.46. The highest BCUT2D eigenvalue weighted by molar-refractivity contribution is 5.97. The van der Waals surface area contributed by atoms with Crippen LogP contribution in [-0.2, 0) is 14.3 Å². The van der Waals surface area contributed by atoms with Gasteiger partial charge in [0.25, 0.3) is 0 Å². The van der Waals surface area contributed by atoms with Crippen molar-refractivity contribution in [3.63, 3.8) is 0 Å². The molecule has 0 aromatic heterocycles. The van der Waals surface area contributed by atoms with E-state index in [0.29, 0.717) is 0 Å². The standard InChI is InChI=1S/C7H10O4/c1-3-5(8)4-6(9)7(10)11-2/h4,9H,3H2,1-2H3. The largest absolute Gasteiger partial charge is 0.502 e. The summed E-state index contributed by atoms with van der Waals surface area (Å²) in [6.45, 7) is 1.63. The minimum atomic E-state index is -0.896. The van der Waals surface area contributed by atoms with Crippen LogP contribution in [0.2, 0.25) is 0 Å². The van der Waals surface area contributed by atoms with Gasteiger partial charge in [-0.2, -0.15) is 0 Å². The summed E-state index contributed by atoms with van der Waals surface area (Å²) in [6, 6.07) is 0. The Morgan fingerprint density at radius 2 is 2.09 bits per heavy atom. The Kier molecular flexibility index (Phi) is 3.95. The molecule has 0 bridgehead atoms. The highest BCUT2D eigenvalue weighted by atomic mass is 16.5. The summed E-state index contributed by atoms with van der Waals surface area (Å²) in [6.07, 6.45) is 1.10. The number of aliphatic hydroxyl groups excluding tert-OH is 1. The van der Waals surface area contributed by atoms with Gasteiger partial charge in [0.2, 0.25) is 5.76 Å². The van der Waals surface area contributed by atoms with Crippen LogP contribution in [0.5, 0.6) is 0 Å². The van der Waals surface area contributed by atoms with Gasteiger partial charge < -0.3 is 9.84 Å². The first-order chi connectivity index (χ1) is 5.11. The number of esters is 1. The third-order valence-corrected chi connectivity index (χ3v) is 1.04. The second-order valence-electron chi connectivity index (χ2n) is 1.84. The fourth-order valence-electron chi connectivity index (χ4n) is 0.418. The number of ether oxygens (including phenoxy) is 1. The lowest BCUT2D eigenvalue weighted by Crippen LogP contribution is -2.06. The fraction of sp³-hybridized carbons (Fsp3) is 0.429. The molecule has 0 fully saturated rings. The fourth-order valence-corrected chi connectivity index (χ4v) is 0.418. The van der Waals surface area contributed by atoms with E-state index in [4.69, 9.17) is 5.11 Å². The van der Waals surface area contributed by atoms with Crippen LogP contribution in [0.15, 0.2) is 11.8 Å². The topological polar surface area (TPSA) is 63.6 Å². The van der Waals surface area contributed by atoms with E-state index < -0.39 is 11.7 Å². The molecule has 0 radical (unpaired) electrons. The molecule has 0 saturated carbocycles. The van der Waals surface area contributed by atoms with Gasteiger partial charge in [0, 0.05) is 12.5 Å². The van der Waals surface area contributed by atoms with Gasteiger partial charge in [-0.1, -0.05) is 6.92 Å². The number of aliphatic hydroxyl groups is 1. The number of hydrogen-bond donors (Lipinski definition) is 1. The van der Waals surface area contributed by atoms with Crippen molar-refractivity contribution in [2.45, 2.75) is 13.3 Å². The molecule has 0 amide bonds. The van der Waals surface area contributed by atoms with Crippen LogP contribution >= 0.6 is 0 Å². The van der Waals surface area contributed by atoms with Crippen molar-refractivity contribution >= 4 is 11.8 Å². The second-order valence-corrected chi connectivity index (χ2v) is 1.84. The third kappa shape index (κ3) is 3.40. The van der Waals surface area contributed by atoms with E-state index in [2.05, 4.69) is 4.74 Å². The molecule has 11 heavy (non-hydrogen) atoms. The highest BCUT2D eigenvalue weighted by Gasteiger charge is 2.07. The Bertz CT molecular complexity index is 193. The molecule has 0 aliphatic rings. The summed E-state index contributed by atoms with van der Waals surface area (Å²) in [5.41, 5.74) is 0. The van der Waals surface area contributed by atoms with Crippen molar-refractivity contribution in [2.24, 2.45) is 0 Å². The maximum Gasteiger partial charge on any atom is 0.373 e. The molecule has 4 nitrogen and oxygen atoms in total. The Morgan fingerprint density at radius 1 is 1.55 bits per heavy atom. The van der Waals surface area contributed by atoms with E-state index >= 15 is 0 Å².